The summed E-state index contributed by atoms with van der Waals surface area (Å²) in [5.74, 6) is 1.22. The molecule has 2 rings (SSSR count). The average molecular weight is 294 g/mol. The van der Waals surface area contributed by atoms with Crippen LogP contribution in [0.15, 0.2) is 0 Å². The van der Waals surface area contributed by atoms with Gasteiger partial charge in [0.25, 0.3) is 0 Å². The zero-order valence-corrected chi connectivity index (χ0v) is 14.2. The minimum atomic E-state index is 0.0866. The van der Waals surface area contributed by atoms with Crippen molar-refractivity contribution in [1.29, 1.82) is 0 Å². The van der Waals surface area contributed by atoms with Crippen molar-refractivity contribution >= 4 is 5.91 Å². The van der Waals surface area contributed by atoms with Crippen LogP contribution in [0.5, 0.6) is 0 Å². The highest BCUT2D eigenvalue weighted by atomic mass is 16.2. The lowest BCUT2D eigenvalue weighted by molar-refractivity contribution is -0.133. The van der Waals surface area contributed by atoms with E-state index in [9.17, 15) is 4.79 Å². The van der Waals surface area contributed by atoms with Gasteiger partial charge in [-0.1, -0.05) is 59.3 Å². The van der Waals surface area contributed by atoms with E-state index in [4.69, 9.17) is 0 Å². The molecule has 21 heavy (non-hydrogen) atoms. The van der Waals surface area contributed by atoms with Crippen LogP contribution < -0.4 is 5.32 Å². The zero-order chi connectivity index (χ0) is 15.2. The van der Waals surface area contributed by atoms with E-state index in [-0.39, 0.29) is 6.04 Å². The lowest BCUT2D eigenvalue weighted by Crippen LogP contribution is -2.46. The normalized spacial score (nSPS) is 33.7. The lowest BCUT2D eigenvalue weighted by atomic mass is 9.83. The molecule has 0 aromatic carbocycles. The summed E-state index contributed by atoms with van der Waals surface area (Å²) in [6.07, 6.45) is 12.2. The van der Waals surface area contributed by atoms with Gasteiger partial charge in [0.2, 0.25) is 5.91 Å². The van der Waals surface area contributed by atoms with Gasteiger partial charge in [-0.2, -0.15) is 0 Å². The molecule has 1 aliphatic carbocycles. The van der Waals surface area contributed by atoms with Crippen LogP contribution in [-0.4, -0.2) is 29.1 Å². The molecule has 1 saturated carbocycles. The number of hydrogen-bond acceptors (Lipinski definition) is 2. The predicted molar refractivity (Wildman–Crippen MR) is 88.0 cm³/mol. The fourth-order valence-corrected chi connectivity index (χ4v) is 4.15. The topological polar surface area (TPSA) is 32.3 Å². The lowest BCUT2D eigenvalue weighted by Gasteiger charge is -2.38. The van der Waals surface area contributed by atoms with Crippen molar-refractivity contribution in [2.24, 2.45) is 5.92 Å². The number of rotatable bonds is 7. The minimum Gasteiger partial charge on any atom is -0.323 e. The Labute approximate surface area is 130 Å². The maximum absolute atomic E-state index is 12.9. The first-order valence-electron chi connectivity index (χ1n) is 9.29. The molecule has 0 radical (unpaired) electrons. The van der Waals surface area contributed by atoms with Crippen LogP contribution in [-0.2, 0) is 4.79 Å². The number of unbranched alkanes of at least 4 members (excludes halogenated alkanes) is 1. The quantitative estimate of drug-likeness (QED) is 0.767. The smallest absolute Gasteiger partial charge is 0.241 e. The third-order valence-corrected chi connectivity index (χ3v) is 5.42. The Morgan fingerprint density at radius 3 is 2.62 bits per heavy atom. The molecule has 3 nitrogen and oxygen atoms in total. The Balaban J connectivity index is 2.04. The number of nitrogens with one attached hydrogen (secondary N) is 1. The predicted octanol–water partition coefficient (Wildman–Crippen LogP) is 4.07. The van der Waals surface area contributed by atoms with Gasteiger partial charge in [-0.15, -0.1) is 0 Å². The molecular formula is C18H34N2O. The monoisotopic (exact) mass is 294 g/mol. The molecule has 0 bridgehead atoms. The van der Waals surface area contributed by atoms with Gasteiger partial charge in [0, 0.05) is 6.04 Å². The average Bonchev–Trinajstić information content (AvgIpc) is 2.81. The highest BCUT2D eigenvalue weighted by molar-refractivity contribution is 5.84. The maximum atomic E-state index is 12.9. The van der Waals surface area contributed by atoms with E-state index >= 15 is 0 Å². The Morgan fingerprint density at radius 1 is 1.14 bits per heavy atom. The van der Waals surface area contributed by atoms with E-state index in [1.807, 2.05) is 0 Å². The molecule has 0 spiro atoms. The second kappa shape index (κ2) is 8.17. The summed E-state index contributed by atoms with van der Waals surface area (Å²) < 4.78 is 0. The van der Waals surface area contributed by atoms with Crippen molar-refractivity contribution in [2.75, 3.05) is 0 Å². The van der Waals surface area contributed by atoms with Crippen LogP contribution in [0.2, 0.25) is 0 Å². The van der Waals surface area contributed by atoms with Crippen molar-refractivity contribution in [3.63, 3.8) is 0 Å². The zero-order valence-electron chi connectivity index (χ0n) is 14.2. The molecule has 0 aromatic heterocycles. The van der Waals surface area contributed by atoms with Crippen molar-refractivity contribution in [2.45, 2.75) is 103 Å². The number of hydrogen-bond donors (Lipinski definition) is 1. The first kappa shape index (κ1) is 16.8. The molecule has 3 heteroatoms. The summed E-state index contributed by atoms with van der Waals surface area (Å²) in [5.41, 5.74) is 0. The van der Waals surface area contributed by atoms with Crippen LogP contribution in [0.3, 0.4) is 0 Å². The molecule has 1 aliphatic heterocycles. The van der Waals surface area contributed by atoms with Gasteiger partial charge in [0.05, 0.1) is 12.2 Å². The van der Waals surface area contributed by atoms with Crippen molar-refractivity contribution in [3.05, 3.63) is 0 Å². The first-order valence-corrected chi connectivity index (χ1v) is 9.29. The van der Waals surface area contributed by atoms with Crippen LogP contribution in [0, 0.1) is 5.92 Å². The van der Waals surface area contributed by atoms with E-state index < -0.39 is 0 Å². The van der Waals surface area contributed by atoms with E-state index in [0.29, 0.717) is 18.1 Å². The van der Waals surface area contributed by atoms with E-state index in [1.54, 1.807) is 0 Å². The molecule has 122 valence electrons. The maximum Gasteiger partial charge on any atom is 0.241 e. The number of nitrogens with zero attached hydrogens (tertiary/aromatic N) is 1. The van der Waals surface area contributed by atoms with Gasteiger partial charge in [-0.25, -0.2) is 0 Å². The highest BCUT2D eigenvalue weighted by Gasteiger charge is 2.42. The fourth-order valence-electron chi connectivity index (χ4n) is 4.15. The van der Waals surface area contributed by atoms with Gasteiger partial charge < -0.3 is 4.90 Å². The van der Waals surface area contributed by atoms with Gasteiger partial charge >= 0.3 is 0 Å². The Bertz CT molecular complexity index is 331. The van der Waals surface area contributed by atoms with E-state index in [2.05, 4.69) is 31.0 Å². The molecule has 1 heterocycles. The van der Waals surface area contributed by atoms with Crippen LogP contribution in [0.1, 0.15) is 85.0 Å². The van der Waals surface area contributed by atoms with Gasteiger partial charge in [-0.05, 0) is 31.6 Å². The molecular weight excluding hydrogens is 260 g/mol. The SMILES string of the molecule is CCCCC1NC(CCC)N(C2CCCC(CC)C2)C1=O. The molecule has 1 amide bonds. The van der Waals surface area contributed by atoms with Crippen molar-refractivity contribution < 1.29 is 4.79 Å². The molecule has 1 N–H and O–H groups in total. The molecule has 2 fully saturated rings. The van der Waals surface area contributed by atoms with E-state index in [1.165, 1.54) is 38.5 Å². The van der Waals surface area contributed by atoms with Crippen LogP contribution in [0.25, 0.3) is 0 Å². The van der Waals surface area contributed by atoms with Gasteiger partial charge in [0.15, 0.2) is 0 Å². The number of carbonyl (C=O) groups excluding carboxylic acids is 1. The molecule has 1 saturated heterocycles. The summed E-state index contributed by atoms with van der Waals surface area (Å²) in [7, 11) is 0. The Kier molecular flexibility index (Phi) is 6.53. The first-order chi connectivity index (χ1) is 10.2. The Morgan fingerprint density at radius 2 is 1.95 bits per heavy atom. The molecule has 4 atom stereocenters. The Hall–Kier alpha value is -0.570. The number of carbonyl (C=O) groups is 1. The minimum absolute atomic E-state index is 0.0866. The van der Waals surface area contributed by atoms with Crippen LogP contribution in [0.4, 0.5) is 0 Å². The third-order valence-electron chi connectivity index (χ3n) is 5.42. The summed E-state index contributed by atoms with van der Waals surface area (Å²) in [4.78, 5) is 15.1. The summed E-state index contributed by atoms with van der Waals surface area (Å²) in [6, 6.07) is 0.579. The molecule has 4 unspecified atom stereocenters. The van der Waals surface area contributed by atoms with Crippen LogP contribution >= 0.6 is 0 Å². The highest BCUT2D eigenvalue weighted by Crippen LogP contribution is 2.33. The largest absolute Gasteiger partial charge is 0.323 e. The van der Waals surface area contributed by atoms with Gasteiger partial charge in [-0.3, -0.25) is 10.1 Å². The second-order valence-corrected chi connectivity index (χ2v) is 7.01. The standard InChI is InChI=1S/C18H34N2O/c1-4-7-12-16-18(21)20(17(19-16)9-5-2)15-11-8-10-14(6-3)13-15/h14-17,19H,4-13H2,1-3H3. The van der Waals surface area contributed by atoms with Gasteiger partial charge in [0.1, 0.15) is 0 Å². The van der Waals surface area contributed by atoms with E-state index in [0.717, 1.165) is 31.6 Å². The fraction of sp³-hybridized carbons (Fsp3) is 0.944. The molecule has 0 aromatic rings. The summed E-state index contributed by atoms with van der Waals surface area (Å²) >= 11 is 0. The summed E-state index contributed by atoms with van der Waals surface area (Å²) in [5, 5.41) is 3.63. The van der Waals surface area contributed by atoms with Crippen molar-refractivity contribution in [1.82, 2.24) is 10.2 Å². The number of amides is 1. The summed E-state index contributed by atoms with van der Waals surface area (Å²) in [6.45, 7) is 6.72. The third kappa shape index (κ3) is 4.00. The van der Waals surface area contributed by atoms with Crippen molar-refractivity contribution in [3.8, 4) is 0 Å². The second-order valence-electron chi connectivity index (χ2n) is 7.01. The molecule has 2 aliphatic rings.